The van der Waals surface area contributed by atoms with Crippen LogP contribution in [0.4, 0.5) is 0 Å². The number of nitrogens with zero attached hydrogens (tertiary/aromatic N) is 2. The van der Waals surface area contributed by atoms with Crippen molar-refractivity contribution in [3.63, 3.8) is 0 Å². The summed E-state index contributed by atoms with van der Waals surface area (Å²) < 4.78 is 5.11. The van der Waals surface area contributed by atoms with Crippen molar-refractivity contribution in [3.8, 4) is 0 Å². The Hall–Kier alpha value is -1.42. The Morgan fingerprint density at radius 3 is 2.50 bits per heavy atom. The van der Waals surface area contributed by atoms with E-state index in [1.165, 1.54) is 0 Å². The van der Waals surface area contributed by atoms with Crippen LogP contribution in [0.5, 0.6) is 0 Å². The average molecular weight is 280 g/mol. The Morgan fingerprint density at radius 1 is 1.40 bits per heavy atom. The highest BCUT2D eigenvalue weighted by Gasteiger charge is 2.15. The van der Waals surface area contributed by atoms with E-state index in [9.17, 15) is 4.79 Å². The van der Waals surface area contributed by atoms with Gasteiger partial charge >= 0.3 is 0 Å². The molecule has 4 heteroatoms. The van der Waals surface area contributed by atoms with Crippen LogP contribution in [0.25, 0.3) is 0 Å². The minimum absolute atomic E-state index is 0.0609. The fraction of sp³-hybridized carbons (Fsp3) is 0.625. The van der Waals surface area contributed by atoms with E-state index in [0.717, 1.165) is 37.3 Å². The molecule has 0 saturated carbocycles. The van der Waals surface area contributed by atoms with Crippen molar-refractivity contribution in [3.05, 3.63) is 24.4 Å². The molecular weight excluding hydrogens is 252 g/mol. The molecule has 0 radical (unpaired) electrons. The standard InChI is InChI=1S/C16H28N2O2/c1-7-16(8-9-20-6)12-18(15(5)19)11-14(4)10-17-13(2)3/h10,16H,2,4,7-9,11-12H2,1,3,5-6H3. The number of allylic oxidation sites excluding steroid dienone is 1. The largest absolute Gasteiger partial charge is 0.385 e. The summed E-state index contributed by atoms with van der Waals surface area (Å²) in [5.74, 6) is 0.510. The van der Waals surface area contributed by atoms with Gasteiger partial charge < -0.3 is 9.64 Å². The molecule has 0 saturated heterocycles. The van der Waals surface area contributed by atoms with E-state index < -0.39 is 0 Å². The number of carbonyl (C=O) groups excluding carboxylic acids is 1. The summed E-state index contributed by atoms with van der Waals surface area (Å²) in [6.07, 6.45) is 3.66. The van der Waals surface area contributed by atoms with Gasteiger partial charge in [0.1, 0.15) is 0 Å². The summed E-state index contributed by atoms with van der Waals surface area (Å²) in [4.78, 5) is 17.7. The number of carbonyl (C=O) groups is 1. The first-order chi connectivity index (χ1) is 9.40. The minimum Gasteiger partial charge on any atom is -0.385 e. The number of rotatable bonds is 10. The van der Waals surface area contributed by atoms with E-state index in [4.69, 9.17) is 4.74 Å². The molecule has 1 atom stereocenters. The predicted molar refractivity (Wildman–Crippen MR) is 85.0 cm³/mol. The Balaban J connectivity index is 4.52. The third-order valence-corrected chi connectivity index (χ3v) is 3.09. The van der Waals surface area contributed by atoms with E-state index in [2.05, 4.69) is 25.1 Å². The van der Waals surface area contributed by atoms with Crippen LogP contribution in [0.2, 0.25) is 0 Å². The summed E-state index contributed by atoms with van der Waals surface area (Å²) in [7, 11) is 1.70. The summed E-state index contributed by atoms with van der Waals surface area (Å²) in [6.45, 7) is 15.2. The molecule has 0 heterocycles. The first kappa shape index (κ1) is 18.6. The molecule has 0 N–H and O–H groups in total. The maximum atomic E-state index is 11.7. The molecule has 20 heavy (non-hydrogen) atoms. The zero-order valence-electron chi connectivity index (χ0n) is 13.3. The van der Waals surface area contributed by atoms with Crippen molar-refractivity contribution in [2.45, 2.75) is 33.6 Å². The fourth-order valence-corrected chi connectivity index (χ4v) is 1.81. The lowest BCUT2D eigenvalue weighted by Crippen LogP contribution is -2.35. The fourth-order valence-electron chi connectivity index (χ4n) is 1.81. The number of hydrogen-bond acceptors (Lipinski definition) is 3. The number of aliphatic imine (C=N–C) groups is 1. The second-order valence-corrected chi connectivity index (χ2v) is 5.11. The molecule has 0 rings (SSSR count). The van der Waals surface area contributed by atoms with Crippen LogP contribution < -0.4 is 0 Å². The van der Waals surface area contributed by atoms with Crippen molar-refractivity contribution >= 4 is 12.1 Å². The highest BCUT2D eigenvalue weighted by Crippen LogP contribution is 2.12. The predicted octanol–water partition coefficient (Wildman–Crippen LogP) is 3.06. The lowest BCUT2D eigenvalue weighted by Gasteiger charge is -2.26. The quantitative estimate of drug-likeness (QED) is 0.577. The van der Waals surface area contributed by atoms with Crippen LogP contribution in [-0.4, -0.2) is 43.8 Å². The summed E-state index contributed by atoms with van der Waals surface area (Å²) in [5.41, 5.74) is 1.54. The highest BCUT2D eigenvalue weighted by molar-refractivity contribution is 5.81. The van der Waals surface area contributed by atoms with Crippen LogP contribution in [0.3, 0.4) is 0 Å². The van der Waals surface area contributed by atoms with Crippen molar-refractivity contribution in [1.29, 1.82) is 0 Å². The molecule has 4 nitrogen and oxygen atoms in total. The first-order valence-electron chi connectivity index (χ1n) is 7.02. The summed E-state index contributed by atoms with van der Waals surface area (Å²) in [6, 6.07) is 0. The summed E-state index contributed by atoms with van der Waals surface area (Å²) in [5, 5.41) is 0. The Bertz CT molecular complexity index is 361. The minimum atomic E-state index is 0.0609. The van der Waals surface area contributed by atoms with Crippen LogP contribution in [-0.2, 0) is 9.53 Å². The van der Waals surface area contributed by atoms with E-state index in [-0.39, 0.29) is 5.91 Å². The van der Waals surface area contributed by atoms with Crippen molar-refractivity contribution in [2.24, 2.45) is 10.9 Å². The molecule has 1 amide bonds. The van der Waals surface area contributed by atoms with Gasteiger partial charge in [-0.1, -0.05) is 26.5 Å². The van der Waals surface area contributed by atoms with Gasteiger partial charge in [0, 0.05) is 45.6 Å². The molecule has 0 aromatic carbocycles. The number of amides is 1. The number of methoxy groups -OCH3 is 1. The highest BCUT2D eigenvalue weighted by atomic mass is 16.5. The molecule has 0 aliphatic heterocycles. The van der Waals surface area contributed by atoms with Crippen molar-refractivity contribution in [1.82, 2.24) is 4.90 Å². The van der Waals surface area contributed by atoms with E-state index in [0.29, 0.717) is 12.5 Å². The lowest BCUT2D eigenvalue weighted by molar-refractivity contribution is -0.129. The molecule has 0 aliphatic carbocycles. The van der Waals surface area contributed by atoms with Gasteiger partial charge in [0.15, 0.2) is 0 Å². The zero-order chi connectivity index (χ0) is 15.5. The zero-order valence-corrected chi connectivity index (χ0v) is 13.3. The second-order valence-electron chi connectivity index (χ2n) is 5.11. The van der Waals surface area contributed by atoms with Gasteiger partial charge in [-0.15, -0.1) is 0 Å². The van der Waals surface area contributed by atoms with Gasteiger partial charge in [-0.25, -0.2) is 0 Å². The van der Waals surface area contributed by atoms with Crippen LogP contribution in [0.1, 0.15) is 33.6 Å². The van der Waals surface area contributed by atoms with E-state index in [1.54, 1.807) is 20.2 Å². The smallest absolute Gasteiger partial charge is 0.219 e. The van der Waals surface area contributed by atoms with Gasteiger partial charge in [0.05, 0.1) is 0 Å². The first-order valence-corrected chi connectivity index (χ1v) is 7.02. The normalized spacial score (nSPS) is 12.4. The third kappa shape index (κ3) is 8.64. The third-order valence-electron chi connectivity index (χ3n) is 3.09. The van der Waals surface area contributed by atoms with Gasteiger partial charge in [-0.2, -0.15) is 0 Å². The van der Waals surface area contributed by atoms with Gasteiger partial charge in [0.2, 0.25) is 5.91 Å². The second kappa shape index (κ2) is 10.4. The monoisotopic (exact) mass is 280 g/mol. The lowest BCUT2D eigenvalue weighted by atomic mass is 10.0. The van der Waals surface area contributed by atoms with Crippen LogP contribution in [0, 0.1) is 5.92 Å². The molecule has 114 valence electrons. The Labute approximate surface area is 123 Å². The summed E-state index contributed by atoms with van der Waals surface area (Å²) >= 11 is 0. The topological polar surface area (TPSA) is 41.9 Å². The molecule has 0 fully saturated rings. The maximum absolute atomic E-state index is 11.7. The van der Waals surface area contributed by atoms with Crippen LogP contribution >= 0.6 is 0 Å². The number of ether oxygens (including phenoxy) is 1. The molecular formula is C16H28N2O2. The molecule has 0 bridgehead atoms. The molecule has 0 aromatic rings. The van der Waals surface area contributed by atoms with Crippen LogP contribution in [0.15, 0.2) is 29.4 Å². The Kier molecular flexibility index (Phi) is 9.64. The van der Waals surface area contributed by atoms with Crippen molar-refractivity contribution < 1.29 is 9.53 Å². The molecule has 0 aliphatic rings. The number of hydrogen-bond donors (Lipinski definition) is 0. The van der Waals surface area contributed by atoms with Crippen molar-refractivity contribution in [2.75, 3.05) is 26.8 Å². The van der Waals surface area contributed by atoms with E-state index in [1.807, 2.05) is 11.8 Å². The SMILES string of the molecule is C=C(C=NC(=C)C)CN(CC(CC)CCOC)C(C)=O. The Morgan fingerprint density at radius 2 is 2.05 bits per heavy atom. The van der Waals surface area contributed by atoms with Gasteiger partial charge in [-0.05, 0) is 24.8 Å². The van der Waals surface area contributed by atoms with Gasteiger partial charge in [-0.3, -0.25) is 9.79 Å². The van der Waals surface area contributed by atoms with E-state index >= 15 is 0 Å². The molecule has 0 spiro atoms. The molecule has 1 unspecified atom stereocenters. The molecule has 0 aromatic heterocycles. The maximum Gasteiger partial charge on any atom is 0.219 e. The van der Waals surface area contributed by atoms with Gasteiger partial charge in [0.25, 0.3) is 0 Å². The average Bonchev–Trinajstić information content (AvgIpc) is 2.39.